The minimum Gasteiger partial charge on any atom is -0.322 e. The lowest BCUT2D eigenvalue weighted by Crippen LogP contribution is -3.10. The summed E-state index contributed by atoms with van der Waals surface area (Å²) < 4.78 is 1.84. The van der Waals surface area contributed by atoms with Crippen molar-refractivity contribution in [3.8, 4) is 0 Å². The van der Waals surface area contributed by atoms with Gasteiger partial charge in [-0.25, -0.2) is 4.68 Å². The third kappa shape index (κ3) is 3.41. The summed E-state index contributed by atoms with van der Waals surface area (Å²) >= 11 is 0. The molecule has 3 heterocycles. The second kappa shape index (κ2) is 7.84. The molecule has 0 radical (unpaired) electrons. The van der Waals surface area contributed by atoms with Crippen LogP contribution in [-0.2, 0) is 6.54 Å². The van der Waals surface area contributed by atoms with E-state index in [-0.39, 0.29) is 11.6 Å². The Balaban J connectivity index is 1.63. The van der Waals surface area contributed by atoms with Crippen LogP contribution in [0.1, 0.15) is 41.4 Å². The van der Waals surface area contributed by atoms with E-state index < -0.39 is 0 Å². The maximum absolute atomic E-state index is 13.2. The number of para-hydroxylation sites is 1. The van der Waals surface area contributed by atoms with Gasteiger partial charge in [-0.3, -0.25) is 4.79 Å². The number of aromatic amines is 1. The van der Waals surface area contributed by atoms with Crippen LogP contribution in [-0.4, -0.2) is 38.3 Å². The molecule has 0 aliphatic carbocycles. The van der Waals surface area contributed by atoms with Gasteiger partial charge in [0.15, 0.2) is 6.04 Å². The second-order valence-corrected chi connectivity index (χ2v) is 8.07. The lowest BCUT2D eigenvalue weighted by Gasteiger charge is -2.23. The minimum absolute atomic E-state index is 0.0598. The number of likely N-dealkylation sites (tertiary alicyclic amines) is 1. The molecule has 1 saturated heterocycles. The average molecular weight is 401 g/mol. The van der Waals surface area contributed by atoms with Gasteiger partial charge in [0, 0.05) is 12.8 Å². The molecule has 1 aliphatic rings. The molecule has 1 fully saturated rings. The number of tetrazole rings is 1. The predicted molar refractivity (Wildman–Crippen MR) is 114 cm³/mol. The molecule has 2 N–H and O–H groups in total. The normalized spacial score (nSPS) is 15.6. The summed E-state index contributed by atoms with van der Waals surface area (Å²) in [5.41, 5.74) is 3.76. The summed E-state index contributed by atoms with van der Waals surface area (Å²) in [6, 6.07) is 18.1. The van der Waals surface area contributed by atoms with Crippen LogP contribution in [0.5, 0.6) is 0 Å². The zero-order chi connectivity index (χ0) is 20.5. The van der Waals surface area contributed by atoms with Crippen molar-refractivity contribution in [2.24, 2.45) is 0 Å². The number of hydrogen-bond donors (Lipinski definition) is 2. The van der Waals surface area contributed by atoms with Gasteiger partial charge < -0.3 is 9.88 Å². The SMILES string of the molecule is Cc1cccc2cc([C@H](c3nnnn3Cc3ccccc3)[NH+]3CCCC3)c(=O)[nH]c12. The minimum atomic E-state index is -0.195. The van der Waals surface area contributed by atoms with E-state index in [4.69, 9.17) is 0 Å². The Morgan fingerprint density at radius 1 is 1.10 bits per heavy atom. The highest BCUT2D eigenvalue weighted by Crippen LogP contribution is 2.21. The summed E-state index contributed by atoms with van der Waals surface area (Å²) in [5, 5.41) is 13.7. The van der Waals surface area contributed by atoms with Crippen LogP contribution in [0.3, 0.4) is 0 Å². The van der Waals surface area contributed by atoms with Crippen LogP contribution in [0, 0.1) is 6.92 Å². The number of aryl methyl sites for hydroxylation is 1. The Bertz CT molecular complexity index is 1220. The van der Waals surface area contributed by atoms with Crippen molar-refractivity contribution in [3.63, 3.8) is 0 Å². The van der Waals surface area contributed by atoms with Crippen molar-refractivity contribution in [1.29, 1.82) is 0 Å². The smallest absolute Gasteiger partial charge is 0.258 e. The number of nitrogens with zero attached hydrogens (tertiary/aromatic N) is 4. The maximum Gasteiger partial charge on any atom is 0.258 e. The summed E-state index contributed by atoms with van der Waals surface area (Å²) in [6.07, 6.45) is 2.30. The lowest BCUT2D eigenvalue weighted by atomic mass is 10.0. The van der Waals surface area contributed by atoms with E-state index in [1.54, 1.807) is 0 Å². The first kappa shape index (κ1) is 18.7. The third-order valence-electron chi connectivity index (χ3n) is 6.07. The van der Waals surface area contributed by atoms with Crippen LogP contribution in [0.15, 0.2) is 59.4 Å². The van der Waals surface area contributed by atoms with Gasteiger partial charge in [0.1, 0.15) is 0 Å². The second-order valence-electron chi connectivity index (χ2n) is 8.07. The summed E-state index contributed by atoms with van der Waals surface area (Å²) in [4.78, 5) is 17.7. The Morgan fingerprint density at radius 3 is 2.70 bits per heavy atom. The first-order chi connectivity index (χ1) is 14.7. The maximum atomic E-state index is 13.2. The standard InChI is InChI=1S/C23H24N6O/c1-16-8-7-11-18-14-19(23(30)24-20(16)18)21(28-12-5-6-13-28)22-25-26-27-29(22)15-17-9-3-2-4-10-17/h2-4,7-11,14,21H,5-6,12-13,15H2,1H3,(H,24,30)/p+1/t21-/m1/s1. The fraction of sp³-hybridized carbons (Fsp3) is 0.304. The molecule has 30 heavy (non-hydrogen) atoms. The zero-order valence-corrected chi connectivity index (χ0v) is 17.0. The Morgan fingerprint density at radius 2 is 1.90 bits per heavy atom. The molecule has 0 bridgehead atoms. The van der Waals surface area contributed by atoms with Crippen molar-refractivity contribution < 1.29 is 4.90 Å². The zero-order valence-electron chi connectivity index (χ0n) is 17.0. The molecule has 4 aromatic rings. The van der Waals surface area contributed by atoms with Crippen molar-refractivity contribution in [3.05, 3.63) is 87.5 Å². The summed E-state index contributed by atoms with van der Waals surface area (Å²) in [5.74, 6) is 0.744. The first-order valence-corrected chi connectivity index (χ1v) is 10.5. The molecule has 5 rings (SSSR count). The Hall–Kier alpha value is -3.32. The van der Waals surface area contributed by atoms with Crippen molar-refractivity contribution in [2.75, 3.05) is 13.1 Å². The predicted octanol–water partition coefficient (Wildman–Crippen LogP) is 1.64. The number of benzene rings is 2. The molecular weight excluding hydrogens is 376 g/mol. The number of nitrogens with one attached hydrogen (secondary N) is 2. The van der Waals surface area contributed by atoms with Crippen LogP contribution in [0.2, 0.25) is 0 Å². The van der Waals surface area contributed by atoms with Gasteiger partial charge in [-0.1, -0.05) is 48.5 Å². The van der Waals surface area contributed by atoms with Crippen molar-refractivity contribution in [2.45, 2.75) is 32.4 Å². The first-order valence-electron chi connectivity index (χ1n) is 10.5. The van der Waals surface area contributed by atoms with Gasteiger partial charge in [0.25, 0.3) is 5.56 Å². The Labute approximate surface area is 174 Å². The molecule has 1 aliphatic heterocycles. The molecule has 0 unspecified atom stereocenters. The average Bonchev–Trinajstić information content (AvgIpc) is 3.44. The fourth-order valence-electron chi connectivity index (χ4n) is 4.56. The molecule has 2 aromatic carbocycles. The molecule has 152 valence electrons. The number of H-pyrrole nitrogens is 1. The fourth-order valence-corrected chi connectivity index (χ4v) is 4.56. The largest absolute Gasteiger partial charge is 0.322 e. The van der Waals surface area contributed by atoms with Gasteiger partial charge in [0.2, 0.25) is 5.82 Å². The number of hydrogen-bond acceptors (Lipinski definition) is 4. The van der Waals surface area contributed by atoms with E-state index in [0.29, 0.717) is 6.54 Å². The number of rotatable bonds is 5. The van der Waals surface area contributed by atoms with E-state index in [2.05, 4.69) is 32.6 Å². The number of fused-ring (bicyclic) bond motifs is 1. The van der Waals surface area contributed by atoms with Crippen molar-refractivity contribution in [1.82, 2.24) is 25.2 Å². The highest BCUT2D eigenvalue weighted by atomic mass is 16.1. The quantitative estimate of drug-likeness (QED) is 0.533. The summed E-state index contributed by atoms with van der Waals surface area (Å²) in [6.45, 7) is 4.61. The van der Waals surface area contributed by atoms with Gasteiger partial charge >= 0.3 is 0 Å². The molecule has 0 saturated carbocycles. The highest BCUT2D eigenvalue weighted by Gasteiger charge is 2.35. The van der Waals surface area contributed by atoms with E-state index in [9.17, 15) is 4.79 Å². The topological polar surface area (TPSA) is 80.9 Å². The van der Waals surface area contributed by atoms with E-state index in [1.165, 1.54) is 4.90 Å². The van der Waals surface area contributed by atoms with Crippen LogP contribution >= 0.6 is 0 Å². The number of aromatic nitrogens is 5. The van der Waals surface area contributed by atoms with E-state index >= 15 is 0 Å². The molecule has 0 amide bonds. The van der Waals surface area contributed by atoms with E-state index in [0.717, 1.165) is 59.3 Å². The lowest BCUT2D eigenvalue weighted by molar-refractivity contribution is -0.914. The van der Waals surface area contributed by atoms with Crippen LogP contribution in [0.4, 0.5) is 0 Å². The van der Waals surface area contributed by atoms with Crippen molar-refractivity contribution >= 4 is 10.9 Å². The van der Waals surface area contributed by atoms with E-state index in [1.807, 2.05) is 54.1 Å². The van der Waals surface area contributed by atoms with Gasteiger partial charge in [0.05, 0.1) is 30.7 Å². The van der Waals surface area contributed by atoms with Gasteiger partial charge in [-0.15, -0.1) is 5.10 Å². The Kier molecular flexibility index (Phi) is 4.88. The molecule has 7 heteroatoms. The monoisotopic (exact) mass is 401 g/mol. The van der Waals surface area contributed by atoms with Gasteiger partial charge in [-0.05, 0) is 39.9 Å². The molecule has 1 atom stereocenters. The summed E-state index contributed by atoms with van der Waals surface area (Å²) in [7, 11) is 0. The molecular formula is C23H25N6O+. The third-order valence-corrected chi connectivity index (χ3v) is 6.07. The highest BCUT2D eigenvalue weighted by molar-refractivity contribution is 5.82. The number of pyridine rings is 1. The van der Waals surface area contributed by atoms with Crippen LogP contribution < -0.4 is 10.5 Å². The molecule has 2 aromatic heterocycles. The number of quaternary nitrogens is 1. The molecule has 0 spiro atoms. The van der Waals surface area contributed by atoms with Gasteiger partial charge in [-0.2, -0.15) is 0 Å². The molecule has 7 nitrogen and oxygen atoms in total. The van der Waals surface area contributed by atoms with Crippen LogP contribution in [0.25, 0.3) is 10.9 Å².